The number of nitrogens with zero attached hydrogens (tertiary/aromatic N) is 2. The van der Waals surface area contributed by atoms with E-state index in [0.29, 0.717) is 25.9 Å². The average Bonchev–Trinajstić information content (AvgIpc) is 3.56. The number of amides is 1. The lowest BCUT2D eigenvalue weighted by atomic mass is 9.81. The number of benzene rings is 2. The second kappa shape index (κ2) is 20.3. The lowest BCUT2D eigenvalue weighted by molar-refractivity contribution is -0.438. The van der Waals surface area contributed by atoms with Crippen LogP contribution in [0.4, 0.5) is 11.4 Å². The fraction of sp³-hybridized carbons (Fsp3) is 0.535. The minimum absolute atomic E-state index is 0.000711. The van der Waals surface area contributed by atoms with Gasteiger partial charge in [0.1, 0.15) is 31.0 Å². The highest BCUT2D eigenvalue weighted by molar-refractivity contribution is 7.86. The quantitative estimate of drug-likeness (QED) is 0.0437. The maximum atomic E-state index is 12.5. The van der Waals surface area contributed by atoms with Gasteiger partial charge in [-0.15, -0.1) is 0 Å². The van der Waals surface area contributed by atoms with Crippen LogP contribution in [-0.4, -0.2) is 139 Å². The molecule has 0 saturated carbocycles. The summed E-state index contributed by atoms with van der Waals surface area (Å²) in [5.41, 5.74) is 3.89. The third-order valence-corrected chi connectivity index (χ3v) is 13.3. The van der Waals surface area contributed by atoms with Crippen LogP contribution in [0.25, 0.3) is 0 Å². The molecule has 5 atom stereocenters. The lowest BCUT2D eigenvalue weighted by Crippen LogP contribution is -2.59. The highest BCUT2D eigenvalue weighted by Crippen LogP contribution is 2.48. The van der Waals surface area contributed by atoms with Crippen LogP contribution in [0.2, 0.25) is 0 Å². The second-order valence-electron chi connectivity index (χ2n) is 16.5. The summed E-state index contributed by atoms with van der Waals surface area (Å²) in [5, 5.41) is 41.9. The van der Waals surface area contributed by atoms with Crippen molar-refractivity contribution in [3.8, 4) is 0 Å². The zero-order valence-corrected chi connectivity index (χ0v) is 37.3. The molecule has 5 rings (SSSR count). The molecule has 3 aliphatic heterocycles. The Morgan fingerprint density at radius 1 is 0.855 bits per heavy atom. The third-order valence-electron chi connectivity index (χ3n) is 11.6. The number of ether oxygens (including phenoxy) is 3. The Balaban J connectivity index is 1.16. The van der Waals surface area contributed by atoms with Crippen molar-refractivity contribution in [3.05, 3.63) is 83.6 Å². The number of aliphatic hydroxyl groups is 4. The molecule has 2 aromatic rings. The molecule has 17 nitrogen and oxygen atoms in total. The molecule has 3 aliphatic rings. The Morgan fingerprint density at radius 3 is 2.19 bits per heavy atom. The van der Waals surface area contributed by atoms with E-state index >= 15 is 0 Å². The van der Waals surface area contributed by atoms with Crippen LogP contribution in [0.3, 0.4) is 0 Å². The largest absolute Gasteiger partial charge is 0.394 e. The van der Waals surface area contributed by atoms with Gasteiger partial charge in [0.25, 0.3) is 20.2 Å². The summed E-state index contributed by atoms with van der Waals surface area (Å²) < 4.78 is 85.7. The minimum Gasteiger partial charge on any atom is -0.394 e. The van der Waals surface area contributed by atoms with E-state index in [2.05, 4.69) is 14.8 Å². The first-order valence-electron chi connectivity index (χ1n) is 20.6. The van der Waals surface area contributed by atoms with E-state index in [1.165, 1.54) is 24.3 Å². The topological polar surface area (TPSA) is 253 Å². The lowest BCUT2D eigenvalue weighted by Gasteiger charge is -2.39. The molecular formula is C43H60N3O14S2+. The number of hydrogen-bond acceptors (Lipinski definition) is 13. The number of anilines is 1. The first-order valence-corrected chi connectivity index (χ1v) is 23.5. The SMILES string of the molecule is CCN1\C(=C/C=C/C=C/C2=[N+](CCCCCC(=O)NCCOCCOC3O[C@H](CO)[C@H](O)[C@@H](O)[C@H]3O)c3ccc(S(=O)(=O)O)cc3C2(C)C)C(C)(C)c2cc(S(=O)(=O)O)ccc21. The second-order valence-corrected chi connectivity index (χ2v) is 19.3. The summed E-state index contributed by atoms with van der Waals surface area (Å²) in [5.74, 6) is -0.136. The zero-order chi connectivity index (χ0) is 45.6. The van der Waals surface area contributed by atoms with Crippen LogP contribution in [-0.2, 0) is 50.1 Å². The summed E-state index contributed by atoms with van der Waals surface area (Å²) in [6, 6.07) is 9.22. The van der Waals surface area contributed by atoms with Gasteiger partial charge in [0.2, 0.25) is 11.6 Å². The van der Waals surface area contributed by atoms with Crippen LogP contribution in [0.1, 0.15) is 71.4 Å². The molecule has 2 aromatic carbocycles. The number of hydrogen-bond donors (Lipinski definition) is 7. The van der Waals surface area contributed by atoms with Gasteiger partial charge in [0.15, 0.2) is 12.0 Å². The predicted molar refractivity (Wildman–Crippen MR) is 230 cm³/mol. The number of allylic oxidation sites excluding steroid dienone is 6. The first-order chi connectivity index (χ1) is 29.1. The van der Waals surface area contributed by atoms with Gasteiger partial charge in [0, 0.05) is 60.4 Å². The van der Waals surface area contributed by atoms with Gasteiger partial charge in [-0.25, -0.2) is 0 Å². The van der Waals surface area contributed by atoms with E-state index < -0.39 is 68.4 Å². The van der Waals surface area contributed by atoms with E-state index in [4.69, 9.17) is 14.2 Å². The Hall–Kier alpha value is -3.86. The van der Waals surface area contributed by atoms with Gasteiger partial charge in [-0.3, -0.25) is 13.9 Å². The van der Waals surface area contributed by atoms with Gasteiger partial charge in [-0.1, -0.05) is 32.1 Å². The molecule has 19 heteroatoms. The molecule has 1 unspecified atom stereocenters. The maximum Gasteiger partial charge on any atom is 0.294 e. The van der Waals surface area contributed by atoms with Crippen molar-refractivity contribution < 1.29 is 69.9 Å². The highest BCUT2D eigenvalue weighted by atomic mass is 32.2. The molecule has 0 aromatic heterocycles. The normalized spacial score (nSPS) is 24.1. The third kappa shape index (κ3) is 11.1. The Bertz CT molecular complexity index is 2290. The number of fused-ring (bicyclic) bond motifs is 2. The van der Waals surface area contributed by atoms with Crippen LogP contribution >= 0.6 is 0 Å². The van der Waals surface area contributed by atoms with E-state index in [-0.39, 0.29) is 42.1 Å². The van der Waals surface area contributed by atoms with Crippen molar-refractivity contribution in [2.24, 2.45) is 0 Å². The molecule has 0 radical (unpaired) electrons. The van der Waals surface area contributed by atoms with E-state index in [1.807, 2.05) is 65.0 Å². The van der Waals surface area contributed by atoms with Crippen LogP contribution in [0, 0.1) is 0 Å². The monoisotopic (exact) mass is 906 g/mol. The van der Waals surface area contributed by atoms with Crippen LogP contribution in [0.5, 0.6) is 0 Å². The molecule has 342 valence electrons. The smallest absolute Gasteiger partial charge is 0.294 e. The number of nitrogens with one attached hydrogen (secondary N) is 1. The molecule has 62 heavy (non-hydrogen) atoms. The van der Waals surface area contributed by atoms with Gasteiger partial charge < -0.3 is 44.9 Å². The predicted octanol–water partition coefficient (Wildman–Crippen LogP) is 2.88. The molecule has 0 aliphatic carbocycles. The van der Waals surface area contributed by atoms with Crippen molar-refractivity contribution in [1.29, 1.82) is 0 Å². The van der Waals surface area contributed by atoms with Crippen molar-refractivity contribution >= 4 is 43.2 Å². The average molecular weight is 907 g/mol. The first kappa shape index (κ1) is 49.2. The van der Waals surface area contributed by atoms with Crippen molar-refractivity contribution in [1.82, 2.24) is 5.32 Å². The number of carbonyl (C=O) groups excluding carboxylic acids is 1. The van der Waals surface area contributed by atoms with Crippen molar-refractivity contribution in [2.45, 2.75) is 112 Å². The van der Waals surface area contributed by atoms with E-state index in [0.717, 1.165) is 46.8 Å². The van der Waals surface area contributed by atoms with Gasteiger partial charge >= 0.3 is 0 Å². The molecule has 3 heterocycles. The minimum atomic E-state index is -4.44. The van der Waals surface area contributed by atoms with Gasteiger partial charge in [0.05, 0.1) is 41.6 Å². The molecule has 1 amide bonds. The fourth-order valence-corrected chi connectivity index (χ4v) is 9.20. The summed E-state index contributed by atoms with van der Waals surface area (Å²) in [7, 11) is -8.81. The van der Waals surface area contributed by atoms with Crippen LogP contribution in [0.15, 0.2) is 82.3 Å². The maximum absolute atomic E-state index is 12.5. The summed E-state index contributed by atoms with van der Waals surface area (Å²) in [6.07, 6.45) is 5.21. The van der Waals surface area contributed by atoms with Crippen molar-refractivity contribution in [2.75, 3.05) is 51.0 Å². The highest BCUT2D eigenvalue weighted by Gasteiger charge is 2.46. The standard InChI is InChI=1S/C43H59N3O14S2/c1-6-45-32-18-16-28(61(52,53)54)25-30(32)42(2,3)35(45)13-9-7-10-14-36-43(4,5)31-26-29(62(55,56)57)17-19-33(31)46(36)21-12-8-11-15-37(48)44-20-22-58-23-24-59-41-40(51)39(50)38(49)34(27-47)60-41/h7,9-10,13-14,16-19,25-26,34,38-41,47,49-51H,6,8,11-12,15,20-24,27H2,1-5H3,(H2-,44,48,52,53,54,55,56,57)/p+1/t34-,38+,39-,40-,41?/m1/s1. The van der Waals surface area contributed by atoms with Crippen LogP contribution < -0.4 is 10.2 Å². The molecule has 1 saturated heterocycles. The number of carbonyl (C=O) groups is 1. The number of rotatable bonds is 20. The number of likely N-dealkylation sites (N-methyl/N-ethyl adjacent to an activating group) is 1. The molecule has 0 spiro atoms. The Labute approximate surface area is 363 Å². The zero-order valence-electron chi connectivity index (χ0n) is 35.7. The fourth-order valence-electron chi connectivity index (χ4n) is 8.18. The Kier molecular flexibility index (Phi) is 16.1. The number of aliphatic hydroxyl groups excluding tert-OH is 4. The van der Waals surface area contributed by atoms with Gasteiger partial charge in [-0.05, 0) is 75.6 Å². The van der Waals surface area contributed by atoms with E-state index in [9.17, 15) is 51.2 Å². The summed E-state index contributed by atoms with van der Waals surface area (Å²) >= 11 is 0. The molecular weight excluding hydrogens is 847 g/mol. The summed E-state index contributed by atoms with van der Waals surface area (Å²) in [4.78, 5) is 14.3. The van der Waals surface area contributed by atoms with Crippen molar-refractivity contribution in [3.63, 3.8) is 0 Å². The molecule has 1 fully saturated rings. The summed E-state index contributed by atoms with van der Waals surface area (Å²) in [6.45, 7) is 11.2. The molecule has 7 N–H and O–H groups in total. The van der Waals surface area contributed by atoms with E-state index in [1.54, 1.807) is 12.1 Å². The Morgan fingerprint density at radius 2 is 1.53 bits per heavy atom. The van der Waals surface area contributed by atoms with Gasteiger partial charge in [-0.2, -0.15) is 21.4 Å². The number of unbranched alkanes of at least 4 members (excludes halogenated alkanes) is 2. The molecule has 0 bridgehead atoms.